The zero-order valence-electron chi connectivity index (χ0n) is 10.1. The monoisotopic (exact) mass is 346 g/mol. The van der Waals surface area contributed by atoms with Crippen LogP contribution in [0, 0.1) is 5.95 Å². The lowest BCUT2D eigenvalue weighted by atomic mass is 10.2. The third-order valence-corrected chi connectivity index (χ3v) is 2.91. The quantitative estimate of drug-likeness (QED) is 0.824. The van der Waals surface area contributed by atoms with Gasteiger partial charge in [-0.15, -0.1) is 0 Å². The van der Waals surface area contributed by atoms with Gasteiger partial charge in [0.05, 0.1) is 0 Å². The molecule has 0 aliphatic heterocycles. The number of benzene rings is 1. The van der Waals surface area contributed by atoms with Crippen LogP contribution in [-0.4, -0.2) is 11.6 Å². The molecule has 7 heteroatoms. The van der Waals surface area contributed by atoms with E-state index in [0.29, 0.717) is 11.4 Å². The normalized spacial score (nSPS) is 10.7. The lowest BCUT2D eigenvalue weighted by Gasteiger charge is -2.12. The molecule has 0 spiro atoms. The molecule has 0 saturated heterocycles. The molecule has 1 aromatic heterocycles. The molecule has 0 aliphatic carbocycles. The molecule has 0 bridgehead atoms. The number of alkyl halides is 2. The van der Waals surface area contributed by atoms with Gasteiger partial charge in [-0.05, 0) is 30.3 Å². The van der Waals surface area contributed by atoms with Crippen LogP contribution >= 0.6 is 15.9 Å². The number of aromatic nitrogens is 1. The van der Waals surface area contributed by atoms with E-state index in [2.05, 4.69) is 31.0 Å². The molecule has 2 rings (SSSR count). The van der Waals surface area contributed by atoms with Crippen LogP contribution in [0.4, 0.5) is 19.0 Å². The van der Waals surface area contributed by atoms with Crippen molar-refractivity contribution in [1.82, 2.24) is 4.98 Å². The molecular weight excluding hydrogens is 337 g/mol. The summed E-state index contributed by atoms with van der Waals surface area (Å²) in [7, 11) is 0. The van der Waals surface area contributed by atoms with Gasteiger partial charge in [-0.25, -0.2) is 4.98 Å². The summed E-state index contributed by atoms with van der Waals surface area (Å²) in [6.07, 6.45) is 0. The van der Waals surface area contributed by atoms with Crippen molar-refractivity contribution in [3.05, 3.63) is 52.4 Å². The predicted octanol–water partition coefficient (Wildman–Crippen LogP) is 4.20. The Morgan fingerprint density at radius 3 is 2.75 bits per heavy atom. The maximum Gasteiger partial charge on any atom is 0.387 e. The summed E-state index contributed by atoms with van der Waals surface area (Å²) in [6, 6.07) is 8.98. The van der Waals surface area contributed by atoms with E-state index in [1.165, 1.54) is 18.2 Å². The highest BCUT2D eigenvalue weighted by atomic mass is 79.9. The van der Waals surface area contributed by atoms with Crippen molar-refractivity contribution in [1.29, 1.82) is 0 Å². The van der Waals surface area contributed by atoms with Crippen LogP contribution in [0.2, 0.25) is 0 Å². The fourth-order valence-corrected chi connectivity index (χ4v) is 2.00. The second kappa shape index (κ2) is 6.60. The first-order valence-electron chi connectivity index (χ1n) is 5.64. The van der Waals surface area contributed by atoms with E-state index in [1.807, 2.05) is 0 Å². The average molecular weight is 347 g/mol. The molecule has 0 unspecified atom stereocenters. The summed E-state index contributed by atoms with van der Waals surface area (Å²) in [6.45, 7) is -2.72. The summed E-state index contributed by atoms with van der Waals surface area (Å²) in [5, 5.41) is 2.85. The summed E-state index contributed by atoms with van der Waals surface area (Å²) in [5.74, 6) is -0.242. The highest BCUT2D eigenvalue weighted by Crippen LogP contribution is 2.25. The molecule has 0 radical (unpaired) electrons. The molecule has 20 heavy (non-hydrogen) atoms. The maximum atomic E-state index is 12.9. The Morgan fingerprint density at radius 2 is 2.05 bits per heavy atom. The molecular formula is C13H10BrF3N2O. The Hall–Kier alpha value is -1.76. The summed E-state index contributed by atoms with van der Waals surface area (Å²) in [5.41, 5.74) is 0.505. The number of halogens is 4. The molecule has 1 aromatic carbocycles. The van der Waals surface area contributed by atoms with Gasteiger partial charge in [0.1, 0.15) is 11.6 Å². The van der Waals surface area contributed by atoms with E-state index in [-0.39, 0.29) is 12.3 Å². The van der Waals surface area contributed by atoms with Gasteiger partial charge in [-0.3, -0.25) is 0 Å². The van der Waals surface area contributed by atoms with Gasteiger partial charge in [0.25, 0.3) is 0 Å². The van der Waals surface area contributed by atoms with Crippen molar-refractivity contribution in [2.24, 2.45) is 0 Å². The fraction of sp³-hybridized carbons (Fsp3) is 0.154. The molecule has 0 aliphatic rings. The molecule has 0 amide bonds. The number of hydrogen-bond acceptors (Lipinski definition) is 3. The minimum absolute atomic E-state index is 0.0621. The minimum atomic E-state index is -2.90. The van der Waals surface area contributed by atoms with Gasteiger partial charge in [0, 0.05) is 16.6 Å². The first-order valence-corrected chi connectivity index (χ1v) is 6.43. The second-order valence-electron chi connectivity index (χ2n) is 3.83. The van der Waals surface area contributed by atoms with E-state index in [9.17, 15) is 13.2 Å². The van der Waals surface area contributed by atoms with Crippen molar-refractivity contribution < 1.29 is 17.9 Å². The van der Waals surface area contributed by atoms with Gasteiger partial charge in [-0.2, -0.15) is 13.2 Å². The Labute approximate surface area is 121 Å². The van der Waals surface area contributed by atoms with Gasteiger partial charge in [0.15, 0.2) is 0 Å². The van der Waals surface area contributed by atoms with Crippen molar-refractivity contribution in [2.45, 2.75) is 13.2 Å². The lowest BCUT2D eigenvalue weighted by Crippen LogP contribution is -2.08. The van der Waals surface area contributed by atoms with E-state index < -0.39 is 12.6 Å². The highest BCUT2D eigenvalue weighted by molar-refractivity contribution is 9.10. The second-order valence-corrected chi connectivity index (χ2v) is 4.75. The van der Waals surface area contributed by atoms with Crippen molar-refractivity contribution in [3.8, 4) is 5.75 Å². The van der Waals surface area contributed by atoms with Crippen molar-refractivity contribution >= 4 is 21.7 Å². The molecule has 0 saturated carbocycles. The van der Waals surface area contributed by atoms with Gasteiger partial charge < -0.3 is 10.1 Å². The Balaban J connectivity index is 2.13. The minimum Gasteiger partial charge on any atom is -0.434 e. The van der Waals surface area contributed by atoms with E-state index >= 15 is 0 Å². The number of nitrogens with one attached hydrogen (secondary N) is 1. The molecule has 1 heterocycles. The molecule has 0 atom stereocenters. The smallest absolute Gasteiger partial charge is 0.387 e. The van der Waals surface area contributed by atoms with Crippen LogP contribution in [0.25, 0.3) is 0 Å². The topological polar surface area (TPSA) is 34.1 Å². The van der Waals surface area contributed by atoms with Gasteiger partial charge in [0.2, 0.25) is 5.95 Å². The average Bonchev–Trinajstić information content (AvgIpc) is 2.39. The van der Waals surface area contributed by atoms with Crippen LogP contribution in [-0.2, 0) is 6.54 Å². The maximum absolute atomic E-state index is 12.9. The zero-order chi connectivity index (χ0) is 14.5. The van der Waals surface area contributed by atoms with Crippen LogP contribution in [0.5, 0.6) is 5.75 Å². The highest BCUT2D eigenvalue weighted by Gasteiger charge is 2.10. The number of ether oxygens (including phenoxy) is 1. The molecule has 1 N–H and O–H groups in total. The van der Waals surface area contributed by atoms with Gasteiger partial charge in [-0.1, -0.05) is 22.0 Å². The Bertz CT molecular complexity index is 596. The van der Waals surface area contributed by atoms with Crippen molar-refractivity contribution in [2.75, 3.05) is 5.32 Å². The number of rotatable bonds is 5. The largest absolute Gasteiger partial charge is 0.434 e. The predicted molar refractivity (Wildman–Crippen MR) is 72.3 cm³/mol. The van der Waals surface area contributed by atoms with Crippen LogP contribution in [0.3, 0.4) is 0 Å². The zero-order valence-corrected chi connectivity index (χ0v) is 11.7. The van der Waals surface area contributed by atoms with Crippen LogP contribution in [0.15, 0.2) is 40.9 Å². The summed E-state index contributed by atoms with van der Waals surface area (Å²) < 4.78 is 42.7. The number of hydrogen-bond donors (Lipinski definition) is 1. The van der Waals surface area contributed by atoms with Crippen LogP contribution < -0.4 is 10.1 Å². The van der Waals surface area contributed by atoms with E-state index in [0.717, 1.165) is 4.47 Å². The first kappa shape index (κ1) is 14.6. The molecule has 3 nitrogen and oxygen atoms in total. The number of pyridine rings is 1. The number of nitrogens with zero attached hydrogens (tertiary/aromatic N) is 1. The number of anilines is 1. The van der Waals surface area contributed by atoms with E-state index in [1.54, 1.807) is 18.2 Å². The Morgan fingerprint density at radius 1 is 1.25 bits per heavy atom. The third-order valence-electron chi connectivity index (χ3n) is 2.41. The van der Waals surface area contributed by atoms with Crippen LogP contribution in [0.1, 0.15) is 5.56 Å². The Kier molecular flexibility index (Phi) is 4.84. The van der Waals surface area contributed by atoms with E-state index in [4.69, 9.17) is 0 Å². The SMILES string of the molecule is Fc1cccc(NCc2cc(Br)ccc2OC(F)F)n1. The standard InChI is InChI=1S/C13H10BrF3N2O/c14-9-4-5-10(20-13(16)17)8(6-9)7-18-12-3-1-2-11(15)19-12/h1-6,13H,7H2,(H,18,19). The van der Waals surface area contributed by atoms with Gasteiger partial charge >= 0.3 is 6.61 Å². The molecule has 2 aromatic rings. The molecule has 106 valence electrons. The summed E-state index contributed by atoms with van der Waals surface area (Å²) >= 11 is 3.25. The summed E-state index contributed by atoms with van der Waals surface area (Å²) in [4.78, 5) is 3.62. The molecule has 0 fully saturated rings. The first-order chi connectivity index (χ1) is 9.54. The van der Waals surface area contributed by atoms with Crippen molar-refractivity contribution in [3.63, 3.8) is 0 Å². The fourth-order valence-electron chi connectivity index (χ4n) is 1.59. The lowest BCUT2D eigenvalue weighted by molar-refractivity contribution is -0.0504. The third kappa shape index (κ3) is 4.12.